The summed E-state index contributed by atoms with van der Waals surface area (Å²) < 4.78 is 9.67. The predicted molar refractivity (Wildman–Crippen MR) is 88.3 cm³/mol. The third-order valence-electron chi connectivity index (χ3n) is 2.86. The minimum absolute atomic E-state index is 0.512. The normalized spacial score (nSPS) is 11.4. The van der Waals surface area contributed by atoms with E-state index in [0.717, 1.165) is 5.56 Å². The molecule has 0 unspecified atom stereocenters. The van der Waals surface area contributed by atoms with Crippen molar-refractivity contribution in [3.8, 4) is 5.75 Å². The number of amides is 4. The summed E-state index contributed by atoms with van der Waals surface area (Å²) in [5, 5.41) is 4.13. The molecule has 134 valence electrons. The van der Waals surface area contributed by atoms with Crippen LogP contribution in [-0.2, 0) is 19.1 Å². The third-order valence-corrected chi connectivity index (χ3v) is 2.86. The van der Waals surface area contributed by atoms with Gasteiger partial charge in [0.05, 0.1) is 7.11 Å². The van der Waals surface area contributed by atoms with Crippen LogP contribution in [0.15, 0.2) is 30.3 Å². The summed E-state index contributed by atoms with van der Waals surface area (Å²) >= 11 is 0. The molecule has 0 saturated heterocycles. The highest BCUT2D eigenvalue weighted by Crippen LogP contribution is 2.12. The maximum absolute atomic E-state index is 11.8. The van der Waals surface area contributed by atoms with Gasteiger partial charge in [0.25, 0.3) is 5.91 Å². The second kappa shape index (κ2) is 9.71. The van der Waals surface area contributed by atoms with Crippen LogP contribution < -0.4 is 21.1 Å². The Bertz CT molecular complexity index is 669. The van der Waals surface area contributed by atoms with Crippen molar-refractivity contribution in [3.63, 3.8) is 0 Å². The van der Waals surface area contributed by atoms with Crippen LogP contribution in [0.2, 0.25) is 0 Å². The molecule has 0 fully saturated rings. The number of urea groups is 1. The Kier molecular flexibility index (Phi) is 7.64. The molecule has 1 rings (SSSR count). The zero-order chi connectivity index (χ0) is 18.8. The molecular formula is C16H19N3O6. The van der Waals surface area contributed by atoms with E-state index in [9.17, 15) is 19.2 Å². The van der Waals surface area contributed by atoms with E-state index in [0.29, 0.717) is 5.75 Å². The van der Waals surface area contributed by atoms with Crippen LogP contribution in [0.25, 0.3) is 6.08 Å². The molecule has 1 aromatic carbocycles. The Morgan fingerprint density at radius 2 is 1.84 bits per heavy atom. The molecule has 1 aromatic rings. The first kappa shape index (κ1) is 19.7. The fraction of sp³-hybridized carbons (Fsp3) is 0.250. The van der Waals surface area contributed by atoms with Crippen molar-refractivity contribution >= 4 is 29.9 Å². The van der Waals surface area contributed by atoms with Crippen LogP contribution in [0.4, 0.5) is 4.79 Å². The number of rotatable bonds is 7. The van der Waals surface area contributed by atoms with Crippen molar-refractivity contribution < 1.29 is 28.7 Å². The lowest BCUT2D eigenvalue weighted by molar-refractivity contribution is -0.150. The molecule has 4 N–H and O–H groups in total. The summed E-state index contributed by atoms with van der Waals surface area (Å²) in [5.41, 5.74) is 5.51. The molecule has 0 saturated carbocycles. The Hall–Kier alpha value is -3.36. The van der Waals surface area contributed by atoms with Crippen LogP contribution >= 0.6 is 0 Å². The number of hydrogen-bond acceptors (Lipinski definition) is 6. The largest absolute Gasteiger partial charge is 0.497 e. The van der Waals surface area contributed by atoms with E-state index in [2.05, 4.69) is 10.1 Å². The van der Waals surface area contributed by atoms with Crippen LogP contribution in [-0.4, -0.2) is 43.6 Å². The summed E-state index contributed by atoms with van der Waals surface area (Å²) in [6.45, 7) is 0.719. The van der Waals surface area contributed by atoms with Gasteiger partial charge < -0.3 is 20.5 Å². The topological polar surface area (TPSA) is 137 Å². The average Bonchev–Trinajstić information content (AvgIpc) is 2.57. The maximum Gasteiger partial charge on any atom is 0.328 e. The van der Waals surface area contributed by atoms with Gasteiger partial charge in [-0.3, -0.25) is 14.9 Å². The van der Waals surface area contributed by atoms with Gasteiger partial charge in [0, 0.05) is 6.08 Å². The minimum atomic E-state index is -1.05. The lowest BCUT2D eigenvalue weighted by atomic mass is 10.2. The summed E-state index contributed by atoms with van der Waals surface area (Å²) in [6.07, 6.45) is 2.82. The Morgan fingerprint density at radius 3 is 2.40 bits per heavy atom. The number of benzene rings is 1. The summed E-state index contributed by atoms with van der Waals surface area (Å²) in [5.74, 6) is -1.51. The molecule has 0 heterocycles. The van der Waals surface area contributed by atoms with Gasteiger partial charge in [0.15, 0.2) is 6.61 Å². The monoisotopic (exact) mass is 349 g/mol. The summed E-state index contributed by atoms with van der Waals surface area (Å²) in [6, 6.07) is 4.99. The van der Waals surface area contributed by atoms with Crippen molar-refractivity contribution in [3.05, 3.63) is 35.9 Å². The van der Waals surface area contributed by atoms with Gasteiger partial charge >= 0.3 is 12.0 Å². The quantitative estimate of drug-likeness (QED) is 0.466. The number of imide groups is 1. The van der Waals surface area contributed by atoms with Crippen LogP contribution in [0, 0.1) is 0 Å². The molecule has 0 aliphatic rings. The van der Waals surface area contributed by atoms with E-state index in [1.54, 1.807) is 42.8 Å². The van der Waals surface area contributed by atoms with E-state index in [1.165, 1.54) is 13.0 Å². The van der Waals surface area contributed by atoms with Crippen molar-refractivity contribution in [2.45, 2.75) is 13.0 Å². The number of esters is 1. The maximum atomic E-state index is 11.8. The number of primary amides is 1. The van der Waals surface area contributed by atoms with Crippen molar-refractivity contribution in [2.75, 3.05) is 13.7 Å². The second-order valence-electron chi connectivity index (χ2n) is 4.86. The van der Waals surface area contributed by atoms with Crippen molar-refractivity contribution in [2.24, 2.45) is 5.73 Å². The average molecular weight is 349 g/mol. The van der Waals surface area contributed by atoms with Gasteiger partial charge in [-0.25, -0.2) is 9.59 Å². The van der Waals surface area contributed by atoms with E-state index in [-0.39, 0.29) is 0 Å². The highest BCUT2D eigenvalue weighted by atomic mass is 16.5. The highest BCUT2D eigenvalue weighted by Gasteiger charge is 2.17. The number of nitrogens with two attached hydrogens (primary N) is 1. The lowest BCUT2D eigenvalue weighted by Gasteiger charge is -2.11. The first-order valence-electron chi connectivity index (χ1n) is 7.20. The summed E-state index contributed by atoms with van der Waals surface area (Å²) in [7, 11) is 1.55. The first-order chi connectivity index (χ1) is 11.8. The van der Waals surface area contributed by atoms with Crippen LogP contribution in [0.1, 0.15) is 12.5 Å². The summed E-state index contributed by atoms with van der Waals surface area (Å²) in [4.78, 5) is 45.0. The van der Waals surface area contributed by atoms with E-state index in [1.807, 2.05) is 0 Å². The Labute approximate surface area is 144 Å². The molecule has 0 radical (unpaired) electrons. The Balaban J connectivity index is 2.43. The lowest BCUT2D eigenvalue weighted by Crippen LogP contribution is -2.42. The molecule has 9 heteroatoms. The van der Waals surface area contributed by atoms with E-state index in [4.69, 9.17) is 10.5 Å². The van der Waals surface area contributed by atoms with Gasteiger partial charge in [-0.15, -0.1) is 0 Å². The molecule has 0 spiro atoms. The zero-order valence-corrected chi connectivity index (χ0v) is 13.8. The smallest absolute Gasteiger partial charge is 0.328 e. The number of hydrogen-bond donors (Lipinski definition) is 3. The third kappa shape index (κ3) is 7.64. The number of ether oxygens (including phenoxy) is 2. The molecule has 9 nitrogen and oxygen atoms in total. The number of carbonyl (C=O) groups is 4. The van der Waals surface area contributed by atoms with Crippen molar-refractivity contribution in [1.82, 2.24) is 10.6 Å². The molecule has 0 bridgehead atoms. The van der Waals surface area contributed by atoms with Crippen LogP contribution in [0.3, 0.4) is 0 Å². The number of nitrogens with one attached hydrogen (secondary N) is 2. The van der Waals surface area contributed by atoms with E-state index < -0.39 is 36.5 Å². The van der Waals surface area contributed by atoms with Gasteiger partial charge in [0.1, 0.15) is 11.8 Å². The second-order valence-corrected chi connectivity index (χ2v) is 4.86. The Morgan fingerprint density at radius 1 is 1.20 bits per heavy atom. The first-order valence-corrected chi connectivity index (χ1v) is 7.20. The predicted octanol–water partition coefficient (Wildman–Crippen LogP) is -0.0488. The van der Waals surface area contributed by atoms with Gasteiger partial charge in [-0.1, -0.05) is 12.1 Å². The minimum Gasteiger partial charge on any atom is -0.497 e. The number of methoxy groups -OCH3 is 1. The molecule has 0 aromatic heterocycles. The van der Waals surface area contributed by atoms with Crippen molar-refractivity contribution in [1.29, 1.82) is 0 Å². The van der Waals surface area contributed by atoms with E-state index >= 15 is 0 Å². The molecular weight excluding hydrogens is 330 g/mol. The molecule has 0 aliphatic heterocycles. The molecule has 0 aliphatic carbocycles. The van der Waals surface area contributed by atoms with Gasteiger partial charge in [0.2, 0.25) is 5.91 Å². The fourth-order valence-electron chi connectivity index (χ4n) is 1.64. The molecule has 4 amide bonds. The number of carbonyl (C=O) groups excluding carboxylic acids is 4. The molecule has 25 heavy (non-hydrogen) atoms. The standard InChI is InChI=1S/C16H19N3O6/c1-10(15(22)25-9-14(21)19-16(17)23)18-13(20)8-5-11-3-6-12(24-2)7-4-11/h3-8,10H,9H2,1-2H3,(H,18,20)(H3,17,19,21,23)/b8-5+/t10-/m0/s1. The highest BCUT2D eigenvalue weighted by molar-refractivity contribution is 5.96. The fourth-order valence-corrected chi connectivity index (χ4v) is 1.64. The van der Waals surface area contributed by atoms with Gasteiger partial charge in [-0.05, 0) is 30.7 Å². The molecule has 1 atom stereocenters. The SMILES string of the molecule is COc1ccc(/C=C/C(=O)N[C@@H](C)C(=O)OCC(=O)NC(N)=O)cc1. The van der Waals surface area contributed by atoms with Gasteiger partial charge in [-0.2, -0.15) is 0 Å². The van der Waals surface area contributed by atoms with Crippen LogP contribution in [0.5, 0.6) is 5.75 Å². The zero-order valence-electron chi connectivity index (χ0n) is 13.8.